The van der Waals surface area contributed by atoms with Crippen molar-refractivity contribution in [2.75, 3.05) is 13.2 Å². The molecule has 0 atom stereocenters. The van der Waals surface area contributed by atoms with E-state index in [1.807, 2.05) is 0 Å². The van der Waals surface area contributed by atoms with E-state index in [1.165, 1.54) is 13.8 Å². The number of esters is 2. The van der Waals surface area contributed by atoms with E-state index < -0.39 is 24.2 Å². The molecule has 0 unspecified atom stereocenters. The topological polar surface area (TPSA) is 88.1 Å². The standard InChI is InChI=1S/C11H18O7/c1-7(2)17-11(14)18-10(5-15-8(3)12)6-16-9(4)13/h7,10H,5-6H2,1-4H3. The molecule has 0 saturated heterocycles. The molecule has 0 heterocycles. The van der Waals surface area contributed by atoms with Crippen molar-refractivity contribution in [2.45, 2.75) is 39.9 Å². The summed E-state index contributed by atoms with van der Waals surface area (Å²) in [4.78, 5) is 32.5. The van der Waals surface area contributed by atoms with Crippen LogP contribution in [-0.4, -0.2) is 43.5 Å². The third-order valence-electron chi connectivity index (χ3n) is 1.54. The Morgan fingerprint density at radius 3 is 1.67 bits per heavy atom. The fraction of sp³-hybridized carbons (Fsp3) is 0.727. The number of carbonyl (C=O) groups is 3. The number of hydrogen-bond donors (Lipinski definition) is 0. The SMILES string of the molecule is CC(=O)OCC(COC(C)=O)OC(=O)OC(C)C. The van der Waals surface area contributed by atoms with Gasteiger partial charge in [0.05, 0.1) is 6.10 Å². The number of carbonyl (C=O) groups excluding carboxylic acids is 3. The molecule has 0 aliphatic rings. The Hall–Kier alpha value is -1.79. The second-order valence-corrected chi connectivity index (χ2v) is 3.76. The van der Waals surface area contributed by atoms with Crippen LogP contribution in [0.5, 0.6) is 0 Å². The first-order valence-electron chi connectivity index (χ1n) is 5.45. The lowest BCUT2D eigenvalue weighted by Crippen LogP contribution is -2.31. The summed E-state index contributed by atoms with van der Waals surface area (Å²) in [6.45, 7) is 5.36. The molecule has 104 valence electrons. The lowest BCUT2D eigenvalue weighted by Gasteiger charge is -2.17. The van der Waals surface area contributed by atoms with Crippen molar-refractivity contribution in [2.24, 2.45) is 0 Å². The second kappa shape index (κ2) is 8.32. The zero-order chi connectivity index (χ0) is 14.1. The molecule has 7 heteroatoms. The van der Waals surface area contributed by atoms with Gasteiger partial charge in [-0.2, -0.15) is 0 Å². The lowest BCUT2D eigenvalue weighted by molar-refractivity contribution is -0.151. The molecule has 18 heavy (non-hydrogen) atoms. The van der Waals surface area contributed by atoms with Crippen molar-refractivity contribution in [1.29, 1.82) is 0 Å². The summed E-state index contributed by atoms with van der Waals surface area (Å²) >= 11 is 0. The van der Waals surface area contributed by atoms with E-state index in [0.717, 1.165) is 0 Å². The highest BCUT2D eigenvalue weighted by Crippen LogP contribution is 2.01. The predicted octanol–water partition coefficient (Wildman–Crippen LogP) is 1.04. The predicted molar refractivity (Wildman–Crippen MR) is 59.8 cm³/mol. The molecule has 0 fully saturated rings. The summed E-state index contributed by atoms with van der Waals surface area (Å²) in [5.41, 5.74) is 0. The van der Waals surface area contributed by atoms with E-state index in [-0.39, 0.29) is 19.3 Å². The third kappa shape index (κ3) is 9.44. The van der Waals surface area contributed by atoms with E-state index in [9.17, 15) is 14.4 Å². The molecule has 0 radical (unpaired) electrons. The van der Waals surface area contributed by atoms with Gasteiger partial charge in [-0.3, -0.25) is 9.59 Å². The van der Waals surface area contributed by atoms with E-state index in [1.54, 1.807) is 13.8 Å². The molecule has 0 aromatic carbocycles. The Bertz CT molecular complexity index is 280. The van der Waals surface area contributed by atoms with Gasteiger partial charge in [-0.15, -0.1) is 0 Å². The summed E-state index contributed by atoms with van der Waals surface area (Å²) in [6, 6.07) is 0. The summed E-state index contributed by atoms with van der Waals surface area (Å²) < 4.78 is 19.0. The molecule has 0 bridgehead atoms. The van der Waals surface area contributed by atoms with Gasteiger partial charge in [0.1, 0.15) is 13.2 Å². The Balaban J connectivity index is 4.22. The highest BCUT2D eigenvalue weighted by molar-refractivity contribution is 5.66. The van der Waals surface area contributed by atoms with Crippen molar-refractivity contribution >= 4 is 18.1 Å². The zero-order valence-electron chi connectivity index (χ0n) is 10.9. The molecule has 0 N–H and O–H groups in total. The van der Waals surface area contributed by atoms with Crippen LogP contribution < -0.4 is 0 Å². The van der Waals surface area contributed by atoms with Crippen molar-refractivity contribution in [3.63, 3.8) is 0 Å². The largest absolute Gasteiger partial charge is 0.509 e. The van der Waals surface area contributed by atoms with Crippen LogP contribution in [0, 0.1) is 0 Å². The highest BCUT2D eigenvalue weighted by Gasteiger charge is 2.19. The van der Waals surface area contributed by atoms with Gasteiger partial charge in [0.25, 0.3) is 0 Å². The van der Waals surface area contributed by atoms with E-state index in [4.69, 9.17) is 9.47 Å². The van der Waals surface area contributed by atoms with E-state index in [2.05, 4.69) is 9.47 Å². The van der Waals surface area contributed by atoms with Crippen LogP contribution in [-0.2, 0) is 28.5 Å². The summed E-state index contributed by atoms with van der Waals surface area (Å²) in [6.07, 6.45) is -2.13. The summed E-state index contributed by atoms with van der Waals surface area (Å²) in [5, 5.41) is 0. The van der Waals surface area contributed by atoms with Crippen molar-refractivity contribution in [3.8, 4) is 0 Å². The van der Waals surface area contributed by atoms with Crippen LogP contribution in [0.15, 0.2) is 0 Å². The molecule has 0 aliphatic carbocycles. The fourth-order valence-electron chi connectivity index (χ4n) is 0.893. The van der Waals surface area contributed by atoms with Gasteiger partial charge in [-0.25, -0.2) is 4.79 Å². The molecular weight excluding hydrogens is 244 g/mol. The fourth-order valence-corrected chi connectivity index (χ4v) is 0.893. The smallest absolute Gasteiger partial charge is 0.462 e. The van der Waals surface area contributed by atoms with Gasteiger partial charge < -0.3 is 18.9 Å². The molecule has 0 aromatic rings. The minimum Gasteiger partial charge on any atom is -0.462 e. The first-order valence-corrected chi connectivity index (χ1v) is 5.45. The summed E-state index contributed by atoms with van der Waals surface area (Å²) in [7, 11) is 0. The monoisotopic (exact) mass is 262 g/mol. The lowest BCUT2D eigenvalue weighted by atomic mass is 10.4. The van der Waals surface area contributed by atoms with Crippen LogP contribution in [0.2, 0.25) is 0 Å². The number of rotatable bonds is 6. The zero-order valence-corrected chi connectivity index (χ0v) is 10.9. The van der Waals surface area contributed by atoms with Crippen molar-refractivity contribution < 1.29 is 33.3 Å². The summed E-state index contributed by atoms with van der Waals surface area (Å²) in [5.74, 6) is -1.05. The number of hydrogen-bond acceptors (Lipinski definition) is 7. The van der Waals surface area contributed by atoms with E-state index >= 15 is 0 Å². The molecule has 0 rings (SSSR count). The second-order valence-electron chi connectivity index (χ2n) is 3.76. The average Bonchev–Trinajstić information content (AvgIpc) is 2.20. The van der Waals surface area contributed by atoms with Gasteiger partial charge >= 0.3 is 18.1 Å². The molecule has 0 saturated carbocycles. The Labute approximate surface area is 105 Å². The maximum absolute atomic E-state index is 11.2. The molecule has 7 nitrogen and oxygen atoms in total. The molecular formula is C11H18O7. The number of ether oxygens (including phenoxy) is 4. The van der Waals surface area contributed by atoms with Crippen LogP contribution in [0.4, 0.5) is 4.79 Å². The Kier molecular flexibility index (Phi) is 7.50. The maximum Gasteiger partial charge on any atom is 0.509 e. The van der Waals surface area contributed by atoms with Gasteiger partial charge in [0.2, 0.25) is 0 Å². The quantitative estimate of drug-likeness (QED) is 0.522. The van der Waals surface area contributed by atoms with Gasteiger partial charge in [-0.05, 0) is 13.8 Å². The average molecular weight is 262 g/mol. The van der Waals surface area contributed by atoms with Crippen LogP contribution in [0.25, 0.3) is 0 Å². The van der Waals surface area contributed by atoms with Crippen molar-refractivity contribution in [3.05, 3.63) is 0 Å². The molecule has 0 aromatic heterocycles. The van der Waals surface area contributed by atoms with Crippen molar-refractivity contribution in [1.82, 2.24) is 0 Å². The van der Waals surface area contributed by atoms with Gasteiger partial charge in [0, 0.05) is 13.8 Å². The van der Waals surface area contributed by atoms with Gasteiger partial charge in [0.15, 0.2) is 6.10 Å². The van der Waals surface area contributed by atoms with Gasteiger partial charge in [-0.1, -0.05) is 0 Å². The first-order chi connectivity index (χ1) is 8.31. The highest BCUT2D eigenvalue weighted by atomic mass is 16.7. The minimum atomic E-state index is -0.908. The maximum atomic E-state index is 11.2. The van der Waals surface area contributed by atoms with Crippen LogP contribution in [0.3, 0.4) is 0 Å². The van der Waals surface area contributed by atoms with E-state index in [0.29, 0.717) is 0 Å². The molecule has 0 amide bonds. The first kappa shape index (κ1) is 16.2. The van der Waals surface area contributed by atoms with Crippen LogP contribution >= 0.6 is 0 Å². The third-order valence-corrected chi connectivity index (χ3v) is 1.54. The Morgan fingerprint density at radius 2 is 1.33 bits per heavy atom. The molecule has 0 spiro atoms. The van der Waals surface area contributed by atoms with Crippen LogP contribution in [0.1, 0.15) is 27.7 Å². The Morgan fingerprint density at radius 1 is 0.889 bits per heavy atom. The normalized spacial score (nSPS) is 10.1. The minimum absolute atomic E-state index is 0.199. The molecule has 0 aliphatic heterocycles.